The summed E-state index contributed by atoms with van der Waals surface area (Å²) >= 11 is 0. The smallest absolute Gasteiger partial charge is 0.143 e. The Balaban J connectivity index is 2.73. The van der Waals surface area contributed by atoms with Crippen LogP contribution in [0.2, 0.25) is 0 Å². The second kappa shape index (κ2) is 5.18. The molecule has 14 heavy (non-hydrogen) atoms. The predicted octanol–water partition coefficient (Wildman–Crippen LogP) is 3.15. The van der Waals surface area contributed by atoms with Crippen LogP contribution in [-0.4, -0.2) is 6.29 Å². The summed E-state index contributed by atoms with van der Waals surface area (Å²) in [5, 5.41) is 0. The monoisotopic (exact) mass is 186 g/mol. The molecule has 0 aliphatic carbocycles. The van der Waals surface area contributed by atoms with Crippen molar-refractivity contribution in [3.05, 3.63) is 53.1 Å². The van der Waals surface area contributed by atoms with Crippen molar-refractivity contribution in [3.8, 4) is 0 Å². The molecule has 0 heterocycles. The summed E-state index contributed by atoms with van der Waals surface area (Å²) in [5.41, 5.74) is 3.36. The molecule has 0 unspecified atom stereocenters. The van der Waals surface area contributed by atoms with Crippen molar-refractivity contribution in [3.63, 3.8) is 0 Å². The van der Waals surface area contributed by atoms with Crippen LogP contribution in [0.1, 0.15) is 18.1 Å². The van der Waals surface area contributed by atoms with Gasteiger partial charge in [0, 0.05) is 0 Å². The number of benzene rings is 1. The third-order valence-electron chi connectivity index (χ3n) is 1.95. The van der Waals surface area contributed by atoms with E-state index >= 15 is 0 Å². The van der Waals surface area contributed by atoms with Gasteiger partial charge in [0.15, 0.2) is 0 Å². The SMILES string of the molecule is CC(/C=C/c1ccc(C)cc1)=C\C=O. The van der Waals surface area contributed by atoms with E-state index in [1.165, 1.54) is 5.56 Å². The predicted molar refractivity (Wildman–Crippen MR) is 60.0 cm³/mol. The highest BCUT2D eigenvalue weighted by atomic mass is 16.1. The van der Waals surface area contributed by atoms with E-state index in [4.69, 9.17) is 0 Å². The van der Waals surface area contributed by atoms with Crippen LogP contribution in [0.5, 0.6) is 0 Å². The van der Waals surface area contributed by atoms with Crippen molar-refractivity contribution in [2.45, 2.75) is 13.8 Å². The van der Waals surface area contributed by atoms with Gasteiger partial charge >= 0.3 is 0 Å². The van der Waals surface area contributed by atoms with Gasteiger partial charge < -0.3 is 0 Å². The third-order valence-corrected chi connectivity index (χ3v) is 1.95. The van der Waals surface area contributed by atoms with Crippen LogP contribution < -0.4 is 0 Å². The minimum Gasteiger partial charge on any atom is -0.299 e. The summed E-state index contributed by atoms with van der Waals surface area (Å²) in [6, 6.07) is 8.25. The van der Waals surface area contributed by atoms with Gasteiger partial charge in [-0.05, 0) is 31.1 Å². The molecule has 0 amide bonds. The van der Waals surface area contributed by atoms with Gasteiger partial charge in [-0.1, -0.05) is 42.0 Å². The molecule has 1 aromatic rings. The largest absolute Gasteiger partial charge is 0.299 e. The van der Waals surface area contributed by atoms with Gasteiger partial charge in [-0.15, -0.1) is 0 Å². The van der Waals surface area contributed by atoms with Gasteiger partial charge in [0.25, 0.3) is 0 Å². The third kappa shape index (κ3) is 3.40. The normalized spacial score (nSPS) is 12.0. The molecule has 1 aromatic carbocycles. The lowest BCUT2D eigenvalue weighted by Crippen LogP contribution is -1.74. The summed E-state index contributed by atoms with van der Waals surface area (Å²) in [7, 11) is 0. The molecule has 0 saturated heterocycles. The zero-order chi connectivity index (χ0) is 10.4. The summed E-state index contributed by atoms with van der Waals surface area (Å²) in [5.74, 6) is 0. The van der Waals surface area contributed by atoms with Crippen molar-refractivity contribution in [1.82, 2.24) is 0 Å². The first-order chi connectivity index (χ1) is 6.72. The lowest BCUT2D eigenvalue weighted by Gasteiger charge is -1.94. The minimum atomic E-state index is 0.800. The molecule has 0 aliphatic heterocycles. The minimum absolute atomic E-state index is 0.800. The second-order valence-corrected chi connectivity index (χ2v) is 3.29. The van der Waals surface area contributed by atoms with Crippen molar-refractivity contribution in [1.29, 1.82) is 0 Å². The number of carbonyl (C=O) groups is 1. The van der Waals surface area contributed by atoms with Crippen LogP contribution in [0.15, 0.2) is 42.0 Å². The van der Waals surface area contributed by atoms with Crippen LogP contribution in [0.4, 0.5) is 0 Å². The molecule has 0 N–H and O–H groups in total. The van der Waals surface area contributed by atoms with Crippen molar-refractivity contribution >= 4 is 12.4 Å². The zero-order valence-corrected chi connectivity index (χ0v) is 8.53. The quantitative estimate of drug-likeness (QED) is 0.402. The summed E-state index contributed by atoms with van der Waals surface area (Å²) in [6.45, 7) is 3.96. The maximum absolute atomic E-state index is 10.2. The molecule has 1 heteroatoms. The lowest BCUT2D eigenvalue weighted by molar-refractivity contribution is -0.104. The molecule has 0 saturated carbocycles. The first kappa shape index (κ1) is 10.5. The molecule has 0 radical (unpaired) electrons. The van der Waals surface area contributed by atoms with Gasteiger partial charge in [0.1, 0.15) is 6.29 Å². The number of hydrogen-bond acceptors (Lipinski definition) is 1. The van der Waals surface area contributed by atoms with Gasteiger partial charge in [-0.25, -0.2) is 0 Å². The molecule has 0 bridgehead atoms. The van der Waals surface area contributed by atoms with E-state index in [1.54, 1.807) is 6.08 Å². The molecule has 0 aliphatic rings. The molecule has 1 rings (SSSR count). The summed E-state index contributed by atoms with van der Waals surface area (Å²) < 4.78 is 0. The van der Waals surface area contributed by atoms with Crippen molar-refractivity contribution in [2.24, 2.45) is 0 Å². The Morgan fingerprint density at radius 1 is 1.21 bits per heavy atom. The summed E-state index contributed by atoms with van der Waals surface area (Å²) in [6.07, 6.45) is 6.27. The highest BCUT2D eigenvalue weighted by Gasteiger charge is 1.86. The summed E-state index contributed by atoms with van der Waals surface area (Å²) in [4.78, 5) is 10.2. The zero-order valence-electron chi connectivity index (χ0n) is 8.53. The van der Waals surface area contributed by atoms with E-state index in [-0.39, 0.29) is 0 Å². The van der Waals surface area contributed by atoms with E-state index in [9.17, 15) is 4.79 Å². The highest BCUT2D eigenvalue weighted by molar-refractivity contribution is 5.68. The van der Waals surface area contributed by atoms with Crippen LogP contribution >= 0.6 is 0 Å². The first-order valence-corrected chi connectivity index (χ1v) is 4.59. The maximum Gasteiger partial charge on any atom is 0.143 e. The molecule has 72 valence electrons. The van der Waals surface area contributed by atoms with Crippen LogP contribution in [0.3, 0.4) is 0 Å². The standard InChI is InChI=1S/C13H14O/c1-11-3-6-13(7-4-11)8-5-12(2)9-10-14/h3-10H,1-2H3/b8-5+,12-9+. The fraction of sp³-hybridized carbons (Fsp3) is 0.154. The topological polar surface area (TPSA) is 17.1 Å². The fourth-order valence-corrected chi connectivity index (χ4v) is 1.07. The highest BCUT2D eigenvalue weighted by Crippen LogP contribution is 2.06. The molecule has 1 nitrogen and oxygen atoms in total. The number of allylic oxidation sites excluding steroid dienone is 3. The Hall–Kier alpha value is -1.63. The van der Waals surface area contributed by atoms with Gasteiger partial charge in [-0.2, -0.15) is 0 Å². The maximum atomic E-state index is 10.2. The molecule has 0 atom stereocenters. The van der Waals surface area contributed by atoms with E-state index in [0.717, 1.165) is 17.4 Å². The molecular weight excluding hydrogens is 172 g/mol. The van der Waals surface area contributed by atoms with Gasteiger partial charge in [-0.3, -0.25) is 4.79 Å². The Morgan fingerprint density at radius 3 is 2.43 bits per heavy atom. The van der Waals surface area contributed by atoms with Crippen molar-refractivity contribution < 1.29 is 4.79 Å². The first-order valence-electron chi connectivity index (χ1n) is 4.59. The molecule has 0 fully saturated rings. The Morgan fingerprint density at radius 2 is 1.86 bits per heavy atom. The number of rotatable bonds is 3. The van der Waals surface area contributed by atoms with Crippen LogP contribution in [0, 0.1) is 6.92 Å². The van der Waals surface area contributed by atoms with E-state index in [0.29, 0.717) is 0 Å². The van der Waals surface area contributed by atoms with E-state index in [1.807, 2.05) is 19.1 Å². The van der Waals surface area contributed by atoms with Crippen molar-refractivity contribution in [2.75, 3.05) is 0 Å². The van der Waals surface area contributed by atoms with E-state index < -0.39 is 0 Å². The van der Waals surface area contributed by atoms with Gasteiger partial charge in [0.05, 0.1) is 0 Å². The molecular formula is C13H14O. The van der Waals surface area contributed by atoms with Gasteiger partial charge in [0.2, 0.25) is 0 Å². The lowest BCUT2D eigenvalue weighted by atomic mass is 10.1. The molecule has 0 aromatic heterocycles. The number of hydrogen-bond donors (Lipinski definition) is 0. The average Bonchev–Trinajstić information content (AvgIpc) is 2.17. The van der Waals surface area contributed by atoms with Crippen LogP contribution in [0.25, 0.3) is 6.08 Å². The average molecular weight is 186 g/mol. The second-order valence-electron chi connectivity index (χ2n) is 3.29. The van der Waals surface area contributed by atoms with E-state index in [2.05, 4.69) is 31.2 Å². The number of aryl methyl sites for hydroxylation is 1. The Kier molecular flexibility index (Phi) is 3.86. The molecule has 0 spiro atoms. The number of aldehydes is 1. The Bertz CT molecular complexity index is 355. The fourth-order valence-electron chi connectivity index (χ4n) is 1.07. The number of carbonyl (C=O) groups excluding carboxylic acids is 1. The Labute approximate surface area is 84.8 Å². The van der Waals surface area contributed by atoms with Crippen LogP contribution in [-0.2, 0) is 4.79 Å².